The van der Waals surface area contributed by atoms with Crippen LogP contribution in [0.2, 0.25) is 0 Å². The van der Waals surface area contributed by atoms with Crippen molar-refractivity contribution in [2.75, 3.05) is 50.1 Å². The highest BCUT2D eigenvalue weighted by Crippen LogP contribution is 2.43. The van der Waals surface area contributed by atoms with E-state index in [1.54, 1.807) is 37.4 Å². The standard InChI is InChI=1S/C30H33N3O5/c1-19(2)23-18-20(7-12-24(23)37-4)28(34)26-27(25-6-5-17-38-25)33(30(36)29(26)35)22-10-8-21(9-11-22)32-15-13-31(3)14-16-32/h5-12,17-19,27,34H,13-16H2,1-4H3/b28-26-. The molecule has 0 bridgehead atoms. The quantitative estimate of drug-likeness (QED) is 0.287. The van der Waals surface area contributed by atoms with Crippen molar-refractivity contribution >= 4 is 28.8 Å². The lowest BCUT2D eigenvalue weighted by Crippen LogP contribution is -2.44. The number of ether oxygens (including phenoxy) is 1. The lowest BCUT2D eigenvalue weighted by atomic mass is 9.95. The fraction of sp³-hybridized carbons (Fsp3) is 0.333. The van der Waals surface area contributed by atoms with Crippen LogP contribution in [0.25, 0.3) is 5.76 Å². The first-order chi connectivity index (χ1) is 18.3. The summed E-state index contributed by atoms with van der Waals surface area (Å²) in [6.45, 7) is 7.86. The van der Waals surface area contributed by atoms with Crippen LogP contribution in [0.5, 0.6) is 5.75 Å². The molecule has 1 unspecified atom stereocenters. The Hall–Kier alpha value is -4.04. The Balaban J connectivity index is 1.56. The molecule has 0 radical (unpaired) electrons. The molecule has 2 aliphatic rings. The molecule has 198 valence electrons. The number of likely N-dealkylation sites (N-methyl/N-ethyl adjacent to an activating group) is 1. The van der Waals surface area contributed by atoms with Crippen molar-refractivity contribution in [1.29, 1.82) is 0 Å². The maximum Gasteiger partial charge on any atom is 0.300 e. The topological polar surface area (TPSA) is 86.5 Å². The number of carbonyl (C=O) groups is 2. The molecule has 0 saturated carbocycles. The van der Waals surface area contributed by atoms with E-state index in [9.17, 15) is 14.7 Å². The van der Waals surface area contributed by atoms with Gasteiger partial charge in [0.2, 0.25) is 0 Å². The molecule has 0 aliphatic carbocycles. The Morgan fingerprint density at radius 3 is 2.29 bits per heavy atom. The largest absolute Gasteiger partial charge is 0.507 e. The summed E-state index contributed by atoms with van der Waals surface area (Å²) in [4.78, 5) is 32.8. The first-order valence-electron chi connectivity index (χ1n) is 12.9. The Bertz CT molecular complexity index is 1350. The van der Waals surface area contributed by atoms with Gasteiger partial charge in [0.1, 0.15) is 23.3 Å². The highest BCUT2D eigenvalue weighted by atomic mass is 16.5. The van der Waals surface area contributed by atoms with E-state index in [4.69, 9.17) is 9.15 Å². The smallest absolute Gasteiger partial charge is 0.300 e. The molecule has 5 rings (SSSR count). The van der Waals surface area contributed by atoms with Crippen molar-refractivity contribution in [3.8, 4) is 5.75 Å². The number of hydrogen-bond donors (Lipinski definition) is 1. The van der Waals surface area contributed by atoms with E-state index in [0.29, 0.717) is 22.8 Å². The van der Waals surface area contributed by atoms with Gasteiger partial charge in [-0.2, -0.15) is 0 Å². The number of piperazine rings is 1. The fourth-order valence-electron chi connectivity index (χ4n) is 5.19. The highest BCUT2D eigenvalue weighted by Gasteiger charge is 2.48. The molecule has 2 aliphatic heterocycles. The molecule has 8 heteroatoms. The predicted molar refractivity (Wildman–Crippen MR) is 147 cm³/mol. The molecule has 0 spiro atoms. The van der Waals surface area contributed by atoms with E-state index in [0.717, 1.165) is 37.4 Å². The zero-order valence-electron chi connectivity index (χ0n) is 22.2. The van der Waals surface area contributed by atoms with E-state index in [1.165, 1.54) is 11.2 Å². The second-order valence-corrected chi connectivity index (χ2v) is 10.1. The van der Waals surface area contributed by atoms with Crippen molar-refractivity contribution in [2.24, 2.45) is 0 Å². The molecule has 8 nitrogen and oxygen atoms in total. The maximum atomic E-state index is 13.4. The SMILES string of the molecule is COc1ccc(/C(O)=C2/C(=O)C(=O)N(c3ccc(N4CCN(C)CC4)cc3)C2c2ccco2)cc1C(C)C. The van der Waals surface area contributed by atoms with Crippen LogP contribution in [0.1, 0.15) is 42.7 Å². The third kappa shape index (κ3) is 4.56. The number of ketones is 1. The van der Waals surface area contributed by atoms with Crippen LogP contribution in [0, 0.1) is 0 Å². The van der Waals surface area contributed by atoms with Gasteiger partial charge in [-0.05, 0) is 73.1 Å². The normalized spacial score (nSPS) is 20.0. The van der Waals surface area contributed by atoms with Crippen molar-refractivity contribution in [1.82, 2.24) is 4.90 Å². The molecule has 2 fully saturated rings. The summed E-state index contributed by atoms with van der Waals surface area (Å²) in [6, 6.07) is 15.4. The van der Waals surface area contributed by atoms with E-state index in [2.05, 4.69) is 16.8 Å². The molecule has 3 aromatic rings. The van der Waals surface area contributed by atoms with Gasteiger partial charge >= 0.3 is 0 Å². The lowest BCUT2D eigenvalue weighted by Gasteiger charge is -2.34. The van der Waals surface area contributed by atoms with Crippen LogP contribution in [0.3, 0.4) is 0 Å². The molecule has 38 heavy (non-hydrogen) atoms. The van der Waals surface area contributed by atoms with Gasteiger partial charge in [0.15, 0.2) is 0 Å². The Morgan fingerprint density at radius 1 is 1.00 bits per heavy atom. The Labute approximate surface area is 222 Å². The molecule has 1 N–H and O–H groups in total. The van der Waals surface area contributed by atoms with Gasteiger partial charge in [0.05, 0.1) is 18.9 Å². The molecule has 1 atom stereocenters. The molecule has 2 aromatic carbocycles. The summed E-state index contributed by atoms with van der Waals surface area (Å²) in [5.74, 6) is -0.496. The summed E-state index contributed by atoms with van der Waals surface area (Å²) in [6.07, 6.45) is 1.50. The number of methoxy groups -OCH3 is 1. The van der Waals surface area contributed by atoms with Gasteiger partial charge in [-0.25, -0.2) is 0 Å². The molecule has 1 amide bonds. The predicted octanol–water partition coefficient (Wildman–Crippen LogP) is 4.79. The number of Topliss-reactive ketones (excluding diaryl/α,β-unsaturated/α-hetero) is 1. The number of amides is 1. The van der Waals surface area contributed by atoms with Crippen molar-refractivity contribution in [3.63, 3.8) is 0 Å². The minimum Gasteiger partial charge on any atom is -0.507 e. The molecule has 3 heterocycles. The summed E-state index contributed by atoms with van der Waals surface area (Å²) in [7, 11) is 3.71. The fourth-order valence-corrected chi connectivity index (χ4v) is 5.19. The summed E-state index contributed by atoms with van der Waals surface area (Å²) >= 11 is 0. The number of benzene rings is 2. The number of anilines is 2. The number of nitrogens with zero attached hydrogens (tertiary/aromatic N) is 3. The third-order valence-corrected chi connectivity index (χ3v) is 7.38. The number of aliphatic hydroxyl groups is 1. The number of furan rings is 1. The minimum absolute atomic E-state index is 0.00651. The van der Waals surface area contributed by atoms with E-state index in [-0.39, 0.29) is 17.3 Å². The monoisotopic (exact) mass is 515 g/mol. The average Bonchev–Trinajstić information content (AvgIpc) is 3.55. The minimum atomic E-state index is -0.899. The van der Waals surface area contributed by atoms with Crippen LogP contribution in [-0.4, -0.2) is 62.0 Å². The Morgan fingerprint density at radius 2 is 1.68 bits per heavy atom. The number of rotatable bonds is 6. The highest BCUT2D eigenvalue weighted by molar-refractivity contribution is 6.51. The molecule has 1 aromatic heterocycles. The summed E-state index contributed by atoms with van der Waals surface area (Å²) in [5.41, 5.74) is 2.94. The van der Waals surface area contributed by atoms with Gasteiger partial charge in [0.25, 0.3) is 11.7 Å². The number of aliphatic hydroxyl groups excluding tert-OH is 1. The van der Waals surface area contributed by atoms with Crippen LogP contribution in [0.15, 0.2) is 70.9 Å². The lowest BCUT2D eigenvalue weighted by molar-refractivity contribution is -0.132. The van der Waals surface area contributed by atoms with Crippen LogP contribution in [-0.2, 0) is 9.59 Å². The van der Waals surface area contributed by atoms with Gasteiger partial charge in [0, 0.05) is 43.1 Å². The molecule has 2 saturated heterocycles. The van der Waals surface area contributed by atoms with Gasteiger partial charge in [-0.1, -0.05) is 13.8 Å². The zero-order chi connectivity index (χ0) is 27.0. The Kier molecular flexibility index (Phi) is 6.99. The average molecular weight is 516 g/mol. The first kappa shape index (κ1) is 25.6. The van der Waals surface area contributed by atoms with Gasteiger partial charge < -0.3 is 24.1 Å². The first-order valence-corrected chi connectivity index (χ1v) is 12.9. The molecular formula is C30H33N3O5. The van der Waals surface area contributed by atoms with Crippen LogP contribution in [0.4, 0.5) is 11.4 Å². The van der Waals surface area contributed by atoms with E-state index >= 15 is 0 Å². The third-order valence-electron chi connectivity index (χ3n) is 7.38. The zero-order valence-corrected chi connectivity index (χ0v) is 22.2. The van der Waals surface area contributed by atoms with Crippen molar-refractivity contribution in [3.05, 3.63) is 83.3 Å². The van der Waals surface area contributed by atoms with Crippen molar-refractivity contribution in [2.45, 2.75) is 25.8 Å². The molecular weight excluding hydrogens is 482 g/mol. The van der Waals surface area contributed by atoms with E-state index < -0.39 is 17.7 Å². The van der Waals surface area contributed by atoms with Crippen LogP contribution < -0.4 is 14.5 Å². The number of carbonyl (C=O) groups excluding carboxylic acids is 2. The van der Waals surface area contributed by atoms with Gasteiger partial charge in [-0.3, -0.25) is 14.5 Å². The van der Waals surface area contributed by atoms with E-state index in [1.807, 2.05) is 38.1 Å². The second kappa shape index (κ2) is 10.4. The summed E-state index contributed by atoms with van der Waals surface area (Å²) < 4.78 is 11.2. The maximum absolute atomic E-state index is 13.4. The van der Waals surface area contributed by atoms with Gasteiger partial charge in [-0.15, -0.1) is 0 Å². The summed E-state index contributed by atoms with van der Waals surface area (Å²) in [5, 5.41) is 11.4. The second-order valence-electron chi connectivity index (χ2n) is 10.1. The van der Waals surface area contributed by atoms with Crippen LogP contribution >= 0.6 is 0 Å². The van der Waals surface area contributed by atoms with Crippen molar-refractivity contribution < 1.29 is 23.8 Å². The number of hydrogen-bond acceptors (Lipinski definition) is 7.